The first-order valence-corrected chi connectivity index (χ1v) is 4.62. The number of rotatable bonds is 4. The van der Waals surface area contributed by atoms with Crippen LogP contribution in [0.5, 0.6) is 0 Å². The van der Waals surface area contributed by atoms with Crippen molar-refractivity contribution in [2.45, 2.75) is 18.9 Å². The summed E-state index contributed by atoms with van der Waals surface area (Å²) in [5.41, 5.74) is 0.339. The molecule has 1 aromatic carbocycles. The van der Waals surface area contributed by atoms with Crippen molar-refractivity contribution in [2.75, 3.05) is 0 Å². The summed E-state index contributed by atoms with van der Waals surface area (Å²) in [5.74, 6) is -0.936. The lowest BCUT2D eigenvalue weighted by molar-refractivity contribution is -0.141. The highest BCUT2D eigenvalue weighted by Crippen LogP contribution is 2.25. The van der Waals surface area contributed by atoms with Gasteiger partial charge in [-0.15, -0.1) is 6.58 Å². The average Bonchev–Trinajstić information content (AvgIpc) is 2.28. The van der Waals surface area contributed by atoms with Crippen molar-refractivity contribution in [3.8, 4) is 0 Å². The molecule has 2 N–H and O–H groups in total. The van der Waals surface area contributed by atoms with Gasteiger partial charge in [0.2, 0.25) is 0 Å². The van der Waals surface area contributed by atoms with E-state index in [1.807, 2.05) is 0 Å². The highest BCUT2D eigenvalue weighted by atomic mass is 16.4. The minimum absolute atomic E-state index is 0.0435. The normalized spacial score (nSPS) is 14.3. The van der Waals surface area contributed by atoms with Gasteiger partial charge in [0.1, 0.15) is 5.41 Å². The first kappa shape index (κ1) is 11.5. The van der Waals surface area contributed by atoms with Crippen LogP contribution >= 0.6 is 0 Å². The molecule has 1 atom stereocenters. The van der Waals surface area contributed by atoms with Gasteiger partial charge in [0.05, 0.1) is 6.61 Å². The van der Waals surface area contributed by atoms with E-state index in [9.17, 15) is 4.79 Å². The number of aliphatic hydroxyl groups excluding tert-OH is 1. The van der Waals surface area contributed by atoms with E-state index < -0.39 is 11.4 Å². The molecular weight excluding hydrogens is 192 g/mol. The second kappa shape index (κ2) is 4.28. The average molecular weight is 206 g/mol. The maximum atomic E-state index is 11.1. The van der Waals surface area contributed by atoms with Crippen molar-refractivity contribution in [3.63, 3.8) is 0 Å². The molecule has 0 radical (unpaired) electrons. The molecule has 0 saturated carbocycles. The van der Waals surface area contributed by atoms with E-state index in [1.54, 1.807) is 31.2 Å². The van der Waals surface area contributed by atoms with Gasteiger partial charge in [0.25, 0.3) is 0 Å². The number of hydrogen-bond acceptors (Lipinski definition) is 2. The Kier molecular flexibility index (Phi) is 3.27. The topological polar surface area (TPSA) is 57.5 Å². The van der Waals surface area contributed by atoms with E-state index >= 15 is 0 Å². The molecule has 0 fully saturated rings. The van der Waals surface area contributed by atoms with Crippen LogP contribution in [0.4, 0.5) is 0 Å². The zero-order chi connectivity index (χ0) is 11.5. The first-order chi connectivity index (χ1) is 7.04. The lowest BCUT2D eigenvalue weighted by Crippen LogP contribution is -2.29. The van der Waals surface area contributed by atoms with Crippen LogP contribution < -0.4 is 0 Å². The highest BCUT2D eigenvalue weighted by molar-refractivity contribution is 5.83. The second-order valence-corrected chi connectivity index (χ2v) is 3.57. The van der Waals surface area contributed by atoms with Crippen molar-refractivity contribution in [2.24, 2.45) is 0 Å². The number of carboxylic acids is 1. The molecule has 0 aliphatic rings. The van der Waals surface area contributed by atoms with Crippen LogP contribution in [0.3, 0.4) is 0 Å². The maximum Gasteiger partial charge on any atom is 0.317 e. The van der Waals surface area contributed by atoms with Crippen molar-refractivity contribution >= 4 is 5.97 Å². The van der Waals surface area contributed by atoms with Crippen LogP contribution in [0.15, 0.2) is 36.9 Å². The summed E-state index contributed by atoms with van der Waals surface area (Å²) in [6, 6.07) is 6.81. The van der Waals surface area contributed by atoms with Gasteiger partial charge >= 0.3 is 5.97 Å². The Morgan fingerprint density at radius 2 is 2.00 bits per heavy atom. The van der Waals surface area contributed by atoms with Crippen molar-refractivity contribution < 1.29 is 15.0 Å². The van der Waals surface area contributed by atoms with Crippen LogP contribution in [0.1, 0.15) is 18.1 Å². The lowest BCUT2D eigenvalue weighted by atomic mass is 9.82. The first-order valence-electron chi connectivity index (χ1n) is 4.62. The quantitative estimate of drug-likeness (QED) is 0.737. The smallest absolute Gasteiger partial charge is 0.317 e. The molecule has 3 nitrogen and oxygen atoms in total. The Morgan fingerprint density at radius 3 is 2.33 bits per heavy atom. The van der Waals surface area contributed by atoms with E-state index in [2.05, 4.69) is 6.58 Å². The van der Waals surface area contributed by atoms with E-state index in [-0.39, 0.29) is 6.61 Å². The predicted octanol–water partition coefficient (Wildman–Crippen LogP) is 1.71. The number of benzene rings is 1. The third kappa shape index (κ3) is 2.07. The zero-order valence-electron chi connectivity index (χ0n) is 8.60. The fraction of sp³-hybridized carbons (Fsp3) is 0.250. The SMILES string of the molecule is C=C[C@](C)(C(=O)O)c1ccc(CO)cc1. The molecule has 0 aromatic heterocycles. The Balaban J connectivity index is 3.14. The lowest BCUT2D eigenvalue weighted by Gasteiger charge is -2.20. The van der Waals surface area contributed by atoms with Gasteiger partial charge < -0.3 is 10.2 Å². The van der Waals surface area contributed by atoms with Crippen molar-refractivity contribution in [1.29, 1.82) is 0 Å². The molecule has 0 bridgehead atoms. The summed E-state index contributed by atoms with van der Waals surface area (Å²) < 4.78 is 0. The summed E-state index contributed by atoms with van der Waals surface area (Å²) >= 11 is 0. The molecule has 0 amide bonds. The fourth-order valence-corrected chi connectivity index (χ4v) is 1.29. The van der Waals surface area contributed by atoms with Crippen LogP contribution in [0.2, 0.25) is 0 Å². The van der Waals surface area contributed by atoms with Gasteiger partial charge in [-0.05, 0) is 18.1 Å². The monoisotopic (exact) mass is 206 g/mol. The molecule has 3 heteroatoms. The Morgan fingerprint density at radius 1 is 1.47 bits per heavy atom. The number of carboxylic acid groups (broad SMARTS) is 1. The standard InChI is InChI=1S/C12H14O3/c1-3-12(2,11(14)15)10-6-4-9(8-13)5-7-10/h3-7,13H,1,8H2,2H3,(H,14,15)/t12-/m0/s1. The largest absolute Gasteiger partial charge is 0.480 e. The van der Waals surface area contributed by atoms with Gasteiger partial charge in [0, 0.05) is 0 Å². The zero-order valence-corrected chi connectivity index (χ0v) is 8.60. The third-order valence-electron chi connectivity index (χ3n) is 2.59. The number of aliphatic carboxylic acids is 1. The van der Waals surface area contributed by atoms with Gasteiger partial charge in [0.15, 0.2) is 0 Å². The van der Waals surface area contributed by atoms with E-state index in [1.165, 1.54) is 6.08 Å². The van der Waals surface area contributed by atoms with Crippen LogP contribution in [0, 0.1) is 0 Å². The molecule has 0 saturated heterocycles. The van der Waals surface area contributed by atoms with Crippen molar-refractivity contribution in [3.05, 3.63) is 48.0 Å². The Bertz CT molecular complexity index is 367. The molecule has 0 unspecified atom stereocenters. The summed E-state index contributed by atoms with van der Waals surface area (Å²) in [7, 11) is 0. The molecular formula is C12H14O3. The molecule has 15 heavy (non-hydrogen) atoms. The van der Waals surface area contributed by atoms with Gasteiger partial charge in [-0.3, -0.25) is 4.79 Å². The van der Waals surface area contributed by atoms with Gasteiger partial charge in [-0.1, -0.05) is 30.3 Å². The molecule has 0 heterocycles. The minimum atomic E-state index is -1.08. The summed E-state index contributed by atoms with van der Waals surface area (Å²) in [6.45, 7) is 5.09. The van der Waals surface area contributed by atoms with Gasteiger partial charge in [-0.2, -0.15) is 0 Å². The minimum Gasteiger partial charge on any atom is -0.480 e. The third-order valence-corrected chi connectivity index (χ3v) is 2.59. The van der Waals surface area contributed by atoms with E-state index in [4.69, 9.17) is 10.2 Å². The summed E-state index contributed by atoms with van der Waals surface area (Å²) in [5, 5.41) is 18.0. The van der Waals surface area contributed by atoms with Crippen LogP contribution in [-0.2, 0) is 16.8 Å². The Hall–Kier alpha value is -1.61. The fourth-order valence-electron chi connectivity index (χ4n) is 1.29. The van der Waals surface area contributed by atoms with E-state index in [0.717, 1.165) is 5.56 Å². The van der Waals surface area contributed by atoms with Crippen molar-refractivity contribution in [1.82, 2.24) is 0 Å². The highest BCUT2D eigenvalue weighted by Gasteiger charge is 2.31. The molecule has 0 spiro atoms. The summed E-state index contributed by atoms with van der Waals surface area (Å²) in [6.07, 6.45) is 1.41. The molecule has 1 rings (SSSR count). The number of aliphatic hydroxyl groups is 1. The molecule has 0 aliphatic carbocycles. The predicted molar refractivity (Wildman–Crippen MR) is 57.5 cm³/mol. The van der Waals surface area contributed by atoms with Gasteiger partial charge in [-0.25, -0.2) is 0 Å². The molecule has 1 aromatic rings. The van der Waals surface area contributed by atoms with Crippen LogP contribution in [0.25, 0.3) is 0 Å². The molecule has 0 aliphatic heterocycles. The van der Waals surface area contributed by atoms with Crippen LogP contribution in [-0.4, -0.2) is 16.2 Å². The Labute approximate surface area is 88.7 Å². The van der Waals surface area contributed by atoms with E-state index in [0.29, 0.717) is 5.56 Å². The second-order valence-electron chi connectivity index (χ2n) is 3.57. The summed E-state index contributed by atoms with van der Waals surface area (Å²) in [4.78, 5) is 11.1. The number of carbonyl (C=O) groups is 1. The molecule has 80 valence electrons. The maximum absolute atomic E-state index is 11.1. The number of hydrogen-bond donors (Lipinski definition) is 2.